The van der Waals surface area contributed by atoms with Crippen LogP contribution in [-0.2, 0) is 19.4 Å². The summed E-state index contributed by atoms with van der Waals surface area (Å²) < 4.78 is 4.16. The molecule has 0 aliphatic heterocycles. The first kappa shape index (κ1) is 16.4. The van der Waals surface area contributed by atoms with Crippen LogP contribution in [0.4, 0.5) is 0 Å². The SMILES string of the molecule is CCc1nccn1CCc1nc(C(C)C)nn1-c1ccncc1C. The van der Waals surface area contributed by atoms with Gasteiger partial charge < -0.3 is 4.57 Å². The van der Waals surface area contributed by atoms with E-state index in [1.807, 2.05) is 36.3 Å². The summed E-state index contributed by atoms with van der Waals surface area (Å²) in [5, 5.41) is 4.74. The molecule has 3 heterocycles. The van der Waals surface area contributed by atoms with Gasteiger partial charge in [0.2, 0.25) is 0 Å². The van der Waals surface area contributed by atoms with Gasteiger partial charge in [-0.1, -0.05) is 20.8 Å². The summed E-state index contributed by atoms with van der Waals surface area (Å²) >= 11 is 0. The molecule has 0 aliphatic carbocycles. The van der Waals surface area contributed by atoms with Gasteiger partial charge in [-0.05, 0) is 18.6 Å². The van der Waals surface area contributed by atoms with Gasteiger partial charge in [-0.15, -0.1) is 0 Å². The minimum absolute atomic E-state index is 0.298. The topological polar surface area (TPSA) is 61.4 Å². The lowest BCUT2D eigenvalue weighted by Gasteiger charge is -2.09. The van der Waals surface area contributed by atoms with E-state index in [9.17, 15) is 0 Å². The standard InChI is InChI=1S/C18H24N6/c1-5-16-20-9-11-23(16)10-7-17-21-18(13(2)3)22-24(17)15-6-8-19-12-14(15)4/h6,8-9,11-13H,5,7,10H2,1-4H3. The third kappa shape index (κ3) is 3.22. The van der Waals surface area contributed by atoms with Crippen LogP contribution < -0.4 is 0 Å². The van der Waals surface area contributed by atoms with Crippen molar-refractivity contribution in [3.63, 3.8) is 0 Å². The molecule has 0 saturated heterocycles. The summed E-state index contributed by atoms with van der Waals surface area (Å²) in [6, 6.07) is 1.99. The first-order chi connectivity index (χ1) is 11.6. The zero-order chi connectivity index (χ0) is 17.1. The molecule has 0 aromatic carbocycles. The highest BCUT2D eigenvalue weighted by atomic mass is 15.4. The van der Waals surface area contributed by atoms with Crippen molar-refractivity contribution < 1.29 is 0 Å². The highest BCUT2D eigenvalue weighted by Gasteiger charge is 2.15. The van der Waals surface area contributed by atoms with E-state index >= 15 is 0 Å². The molecule has 3 aromatic rings. The molecule has 126 valence electrons. The summed E-state index contributed by atoms with van der Waals surface area (Å²) in [4.78, 5) is 13.3. The van der Waals surface area contributed by atoms with Gasteiger partial charge in [0.15, 0.2) is 5.82 Å². The summed E-state index contributed by atoms with van der Waals surface area (Å²) in [5.41, 5.74) is 2.14. The fraction of sp³-hybridized carbons (Fsp3) is 0.444. The molecule has 0 saturated carbocycles. The van der Waals surface area contributed by atoms with Gasteiger partial charge in [0.1, 0.15) is 11.6 Å². The van der Waals surface area contributed by atoms with Crippen molar-refractivity contribution in [3.05, 3.63) is 53.9 Å². The van der Waals surface area contributed by atoms with Crippen LogP contribution in [0.5, 0.6) is 0 Å². The van der Waals surface area contributed by atoms with Crippen molar-refractivity contribution in [3.8, 4) is 5.69 Å². The van der Waals surface area contributed by atoms with Gasteiger partial charge in [0.25, 0.3) is 0 Å². The number of hydrogen-bond acceptors (Lipinski definition) is 4. The minimum Gasteiger partial charge on any atom is -0.334 e. The smallest absolute Gasteiger partial charge is 0.153 e. The van der Waals surface area contributed by atoms with Crippen LogP contribution in [0.25, 0.3) is 5.69 Å². The van der Waals surface area contributed by atoms with E-state index in [0.29, 0.717) is 5.92 Å². The van der Waals surface area contributed by atoms with Gasteiger partial charge in [-0.2, -0.15) is 5.10 Å². The molecule has 3 rings (SSSR count). The monoisotopic (exact) mass is 324 g/mol. The van der Waals surface area contributed by atoms with E-state index in [4.69, 9.17) is 10.1 Å². The van der Waals surface area contributed by atoms with Crippen molar-refractivity contribution in [1.29, 1.82) is 0 Å². The lowest BCUT2D eigenvalue weighted by atomic mass is 10.2. The fourth-order valence-corrected chi connectivity index (χ4v) is 2.74. The van der Waals surface area contributed by atoms with Crippen molar-refractivity contribution in [2.24, 2.45) is 0 Å². The van der Waals surface area contributed by atoms with Crippen molar-refractivity contribution in [2.75, 3.05) is 0 Å². The zero-order valence-corrected chi connectivity index (χ0v) is 14.8. The molecule has 0 bridgehead atoms. The summed E-state index contributed by atoms with van der Waals surface area (Å²) in [6.45, 7) is 9.26. The van der Waals surface area contributed by atoms with E-state index in [0.717, 1.165) is 48.1 Å². The minimum atomic E-state index is 0.298. The third-order valence-electron chi connectivity index (χ3n) is 4.12. The number of pyridine rings is 1. The summed E-state index contributed by atoms with van der Waals surface area (Å²) in [7, 11) is 0. The van der Waals surface area contributed by atoms with Gasteiger partial charge >= 0.3 is 0 Å². The Morgan fingerprint density at radius 1 is 1.17 bits per heavy atom. The predicted molar refractivity (Wildman–Crippen MR) is 93.3 cm³/mol. The zero-order valence-electron chi connectivity index (χ0n) is 14.8. The molecule has 0 radical (unpaired) electrons. The van der Waals surface area contributed by atoms with Gasteiger partial charge in [0, 0.05) is 50.1 Å². The van der Waals surface area contributed by atoms with Crippen molar-refractivity contribution >= 4 is 0 Å². The molecule has 6 heteroatoms. The maximum atomic E-state index is 4.78. The molecule has 6 nitrogen and oxygen atoms in total. The van der Waals surface area contributed by atoms with Crippen LogP contribution >= 0.6 is 0 Å². The quantitative estimate of drug-likeness (QED) is 0.699. The van der Waals surface area contributed by atoms with Crippen LogP contribution in [0, 0.1) is 6.92 Å². The van der Waals surface area contributed by atoms with Crippen LogP contribution in [0.3, 0.4) is 0 Å². The molecule has 0 fully saturated rings. The number of imidazole rings is 1. The Balaban J connectivity index is 1.93. The number of rotatable bonds is 6. The highest BCUT2D eigenvalue weighted by molar-refractivity contribution is 5.37. The summed E-state index contributed by atoms with van der Waals surface area (Å²) in [6.07, 6.45) is 9.29. The Morgan fingerprint density at radius 3 is 2.71 bits per heavy atom. The molecule has 0 spiro atoms. The number of nitrogens with zero attached hydrogens (tertiary/aromatic N) is 6. The van der Waals surface area contributed by atoms with Crippen LogP contribution in [0.2, 0.25) is 0 Å². The lowest BCUT2D eigenvalue weighted by Crippen LogP contribution is -2.10. The second-order valence-electron chi connectivity index (χ2n) is 6.26. The van der Waals surface area contributed by atoms with E-state index in [1.54, 1.807) is 6.20 Å². The third-order valence-corrected chi connectivity index (χ3v) is 4.12. The summed E-state index contributed by atoms with van der Waals surface area (Å²) in [5.74, 6) is 3.25. The van der Waals surface area contributed by atoms with Gasteiger partial charge in [-0.3, -0.25) is 4.98 Å². The Labute approximate surface area is 142 Å². The molecule has 0 amide bonds. The van der Waals surface area contributed by atoms with Crippen LogP contribution in [0.15, 0.2) is 30.9 Å². The van der Waals surface area contributed by atoms with Gasteiger partial charge in [-0.25, -0.2) is 14.6 Å². The highest BCUT2D eigenvalue weighted by Crippen LogP contribution is 2.18. The molecular weight excluding hydrogens is 300 g/mol. The second kappa shape index (κ2) is 6.95. The number of hydrogen-bond donors (Lipinski definition) is 0. The molecule has 24 heavy (non-hydrogen) atoms. The number of aryl methyl sites for hydroxylation is 4. The van der Waals surface area contributed by atoms with E-state index in [2.05, 4.69) is 35.3 Å². The molecule has 3 aromatic heterocycles. The van der Waals surface area contributed by atoms with Crippen LogP contribution in [-0.4, -0.2) is 29.3 Å². The van der Waals surface area contributed by atoms with Gasteiger partial charge in [0.05, 0.1) is 5.69 Å². The van der Waals surface area contributed by atoms with Crippen LogP contribution in [0.1, 0.15) is 49.7 Å². The predicted octanol–water partition coefficient (Wildman–Crippen LogP) is 3.10. The average molecular weight is 324 g/mol. The van der Waals surface area contributed by atoms with E-state index in [1.165, 1.54) is 0 Å². The normalized spacial score (nSPS) is 11.4. The first-order valence-corrected chi connectivity index (χ1v) is 8.47. The Kier molecular flexibility index (Phi) is 4.74. The fourth-order valence-electron chi connectivity index (χ4n) is 2.74. The molecule has 0 aliphatic rings. The van der Waals surface area contributed by atoms with Crippen molar-refractivity contribution in [2.45, 2.75) is 53.0 Å². The van der Waals surface area contributed by atoms with E-state index < -0.39 is 0 Å². The largest absolute Gasteiger partial charge is 0.334 e. The second-order valence-corrected chi connectivity index (χ2v) is 6.26. The Hall–Kier alpha value is -2.50. The molecule has 0 N–H and O–H groups in total. The van der Waals surface area contributed by atoms with Crippen molar-refractivity contribution in [1.82, 2.24) is 29.3 Å². The maximum Gasteiger partial charge on any atom is 0.153 e. The maximum absolute atomic E-state index is 4.78. The number of aromatic nitrogens is 6. The average Bonchev–Trinajstić information content (AvgIpc) is 3.19. The van der Waals surface area contributed by atoms with E-state index in [-0.39, 0.29) is 0 Å². The molecule has 0 atom stereocenters. The Bertz CT molecular complexity index is 815. The molecular formula is C18H24N6. The lowest BCUT2D eigenvalue weighted by molar-refractivity contribution is 0.625. The first-order valence-electron chi connectivity index (χ1n) is 8.47. The molecule has 0 unspecified atom stereocenters. The Morgan fingerprint density at radius 2 is 2.00 bits per heavy atom.